The van der Waals surface area contributed by atoms with Crippen molar-refractivity contribution in [1.82, 2.24) is 9.97 Å². The first-order chi connectivity index (χ1) is 25.2. The zero-order valence-electron chi connectivity index (χ0n) is 33.1. The molecule has 2 aromatic carbocycles. The van der Waals surface area contributed by atoms with Gasteiger partial charge in [-0.1, -0.05) is 101 Å². The summed E-state index contributed by atoms with van der Waals surface area (Å²) >= 11 is 0. The van der Waals surface area contributed by atoms with Gasteiger partial charge in [0.1, 0.15) is 0 Å². The van der Waals surface area contributed by atoms with Crippen LogP contribution in [0, 0.1) is 38.5 Å². The minimum absolute atomic E-state index is 0.0914. The number of hydrogen-bond donors (Lipinski definition) is 2. The van der Waals surface area contributed by atoms with Crippen LogP contribution in [0.15, 0.2) is 60.7 Å². The van der Waals surface area contributed by atoms with Gasteiger partial charge in [-0.3, -0.25) is 9.97 Å². The van der Waals surface area contributed by atoms with E-state index in [2.05, 4.69) is 41.5 Å². The molecule has 0 unspecified atom stereocenters. The first kappa shape index (κ1) is 41.4. The van der Waals surface area contributed by atoms with Crippen molar-refractivity contribution in [3.63, 3.8) is 0 Å². The fraction of sp³-hybridized carbons (Fsp3) is 0.364. The average molecular weight is 733 g/mol. The summed E-state index contributed by atoms with van der Waals surface area (Å²) in [6.07, 6.45) is 2.69. The molecule has 2 aromatic heterocycles. The largest absolute Gasteiger partial charge is 0.386 e. The highest BCUT2D eigenvalue weighted by molar-refractivity contribution is 6.08. The fourth-order valence-electron chi connectivity index (χ4n) is 6.41. The first-order valence-corrected chi connectivity index (χ1v) is 18.0. The van der Waals surface area contributed by atoms with Crippen molar-refractivity contribution in [2.75, 3.05) is 0 Å². The molecule has 0 amide bonds. The molecule has 4 aromatic rings. The number of rotatable bonds is 10. The molecule has 0 aliphatic rings. The zero-order chi connectivity index (χ0) is 40.1. The second-order valence-corrected chi connectivity index (χ2v) is 16.1. The van der Waals surface area contributed by atoms with E-state index in [1.807, 2.05) is 62.4 Å². The summed E-state index contributed by atoms with van der Waals surface area (Å²) in [4.78, 5) is 62.7. The lowest BCUT2D eigenvalue weighted by atomic mass is 9.85. The van der Waals surface area contributed by atoms with Gasteiger partial charge in [0.25, 0.3) is 0 Å². The highest BCUT2D eigenvalue weighted by Gasteiger charge is 2.29. The van der Waals surface area contributed by atoms with Crippen LogP contribution in [-0.4, -0.2) is 33.8 Å². The van der Waals surface area contributed by atoms with Crippen LogP contribution in [0.5, 0.6) is 0 Å². The minimum Gasteiger partial charge on any atom is -0.386 e. The predicted molar refractivity (Wildman–Crippen MR) is 210 cm³/mol. The summed E-state index contributed by atoms with van der Waals surface area (Å²) < 4.78 is 10.4. The number of pyridine rings is 2. The van der Waals surface area contributed by atoms with E-state index in [9.17, 15) is 19.2 Å². The minimum atomic E-state index is -1.14. The highest BCUT2D eigenvalue weighted by atomic mass is 16.6. The SMILES string of the molecule is Cc1ccc(-c2c(CN)c(CC(C)(C)C)nc(C)c2C(=O)OC(=O)/C=C/C(=O)OC(=O)c2c(C)nc(CC(C)(C)C)c(CN)c2-c2ccc(C)cc2)cc1. The number of nitrogens with zero attached hydrogens (tertiary/aromatic N) is 2. The van der Waals surface area contributed by atoms with Crippen molar-refractivity contribution in [2.45, 2.75) is 95.2 Å². The van der Waals surface area contributed by atoms with Crippen LogP contribution in [-0.2, 0) is 45.0 Å². The van der Waals surface area contributed by atoms with E-state index in [4.69, 9.17) is 30.9 Å². The monoisotopic (exact) mass is 732 g/mol. The third kappa shape index (κ3) is 10.2. The first-order valence-electron chi connectivity index (χ1n) is 18.0. The van der Waals surface area contributed by atoms with Gasteiger partial charge in [0, 0.05) is 47.8 Å². The molecule has 2 heterocycles. The number of ether oxygens (including phenoxy) is 2. The summed E-state index contributed by atoms with van der Waals surface area (Å²) in [5.74, 6) is -4.19. The molecule has 0 bridgehead atoms. The molecule has 0 aliphatic carbocycles. The van der Waals surface area contributed by atoms with E-state index >= 15 is 0 Å². The van der Waals surface area contributed by atoms with Crippen LogP contribution in [0.25, 0.3) is 22.3 Å². The fourth-order valence-corrected chi connectivity index (χ4v) is 6.41. The Morgan fingerprint density at radius 1 is 0.574 bits per heavy atom. The van der Waals surface area contributed by atoms with E-state index in [0.717, 1.165) is 45.8 Å². The summed E-state index contributed by atoms with van der Waals surface area (Å²) in [5, 5.41) is 0. The van der Waals surface area contributed by atoms with E-state index in [-0.39, 0.29) is 35.0 Å². The number of hydrogen-bond acceptors (Lipinski definition) is 10. The van der Waals surface area contributed by atoms with E-state index in [0.29, 0.717) is 46.5 Å². The number of nitrogens with two attached hydrogens (primary N) is 2. The maximum atomic E-state index is 13.7. The van der Waals surface area contributed by atoms with Gasteiger partial charge in [-0.15, -0.1) is 0 Å². The van der Waals surface area contributed by atoms with Gasteiger partial charge in [-0.05, 0) is 73.6 Å². The molecule has 0 spiro atoms. The standard InChI is InChI=1S/C44H52N4O6/c1-25-11-15-29(16-12-25)39-31(23-45)33(21-43(5,6)7)47-27(3)37(39)41(51)53-35(49)19-20-36(50)54-42(52)38-28(4)48-34(22-44(8,9)10)32(24-46)40(38)30-17-13-26(2)14-18-30/h11-20H,21-24,45-46H2,1-10H3/b20-19+. The molecule has 10 heteroatoms. The molecule has 284 valence electrons. The van der Waals surface area contributed by atoms with Gasteiger partial charge in [-0.2, -0.15) is 0 Å². The number of esters is 4. The third-order valence-electron chi connectivity index (χ3n) is 8.76. The smallest absolute Gasteiger partial charge is 0.348 e. The van der Waals surface area contributed by atoms with Crippen molar-refractivity contribution in [1.29, 1.82) is 0 Å². The van der Waals surface area contributed by atoms with Gasteiger partial charge in [0.05, 0.1) is 22.5 Å². The molecule has 4 rings (SSSR count). The van der Waals surface area contributed by atoms with Crippen LogP contribution in [0.3, 0.4) is 0 Å². The Morgan fingerprint density at radius 2 is 0.889 bits per heavy atom. The van der Waals surface area contributed by atoms with Crippen LogP contribution >= 0.6 is 0 Å². The third-order valence-corrected chi connectivity index (χ3v) is 8.76. The Labute approximate surface area is 318 Å². The molecular formula is C44H52N4O6. The van der Waals surface area contributed by atoms with Crippen molar-refractivity contribution in [3.05, 3.63) is 117 Å². The van der Waals surface area contributed by atoms with Crippen molar-refractivity contribution >= 4 is 23.9 Å². The number of benzene rings is 2. The van der Waals surface area contributed by atoms with E-state index < -0.39 is 23.9 Å². The summed E-state index contributed by atoms with van der Waals surface area (Å²) in [7, 11) is 0. The van der Waals surface area contributed by atoms with Gasteiger partial charge < -0.3 is 20.9 Å². The summed E-state index contributed by atoms with van der Waals surface area (Å²) in [6.45, 7) is 20.0. The molecule has 54 heavy (non-hydrogen) atoms. The van der Waals surface area contributed by atoms with Gasteiger partial charge in [-0.25, -0.2) is 19.2 Å². The molecule has 0 atom stereocenters. The molecule has 0 fully saturated rings. The molecule has 0 radical (unpaired) electrons. The van der Waals surface area contributed by atoms with Crippen LogP contribution in [0.2, 0.25) is 0 Å². The maximum Gasteiger partial charge on any atom is 0.348 e. The Kier molecular flexibility index (Phi) is 12.9. The Balaban J connectivity index is 1.63. The van der Waals surface area contributed by atoms with Crippen LogP contribution in [0.1, 0.15) is 107 Å². The predicted octanol–water partition coefficient (Wildman–Crippen LogP) is 7.76. The van der Waals surface area contributed by atoms with Crippen molar-refractivity contribution in [2.24, 2.45) is 22.3 Å². The quantitative estimate of drug-likeness (QED) is 0.0935. The molecule has 0 saturated heterocycles. The number of aromatic nitrogens is 2. The molecule has 0 saturated carbocycles. The van der Waals surface area contributed by atoms with Gasteiger partial charge in [0.2, 0.25) is 0 Å². The average Bonchev–Trinajstić information content (AvgIpc) is 3.06. The lowest BCUT2D eigenvalue weighted by molar-refractivity contribution is -0.135. The molecule has 4 N–H and O–H groups in total. The Morgan fingerprint density at radius 3 is 1.17 bits per heavy atom. The van der Waals surface area contributed by atoms with Crippen molar-refractivity contribution in [3.8, 4) is 22.3 Å². The lowest BCUT2D eigenvalue weighted by Gasteiger charge is -2.23. The zero-order valence-corrected chi connectivity index (χ0v) is 33.1. The normalized spacial score (nSPS) is 11.9. The number of carbonyl (C=O) groups is 4. The lowest BCUT2D eigenvalue weighted by Crippen LogP contribution is -2.21. The van der Waals surface area contributed by atoms with Crippen LogP contribution in [0.4, 0.5) is 0 Å². The second-order valence-electron chi connectivity index (χ2n) is 16.1. The molecule has 10 nitrogen and oxygen atoms in total. The van der Waals surface area contributed by atoms with E-state index in [1.165, 1.54) is 0 Å². The van der Waals surface area contributed by atoms with E-state index in [1.54, 1.807) is 13.8 Å². The van der Waals surface area contributed by atoms with Crippen LogP contribution < -0.4 is 11.5 Å². The number of carbonyl (C=O) groups excluding carboxylic acids is 4. The molecule has 0 aliphatic heterocycles. The second kappa shape index (κ2) is 16.8. The Hall–Kier alpha value is -5.32. The van der Waals surface area contributed by atoms with Gasteiger partial charge >= 0.3 is 23.9 Å². The molecular weight excluding hydrogens is 681 g/mol. The summed E-state index contributed by atoms with van der Waals surface area (Å²) in [6, 6.07) is 15.2. The number of aryl methyl sites for hydroxylation is 4. The topological polar surface area (TPSA) is 165 Å². The maximum absolute atomic E-state index is 13.7. The highest BCUT2D eigenvalue weighted by Crippen LogP contribution is 2.36. The van der Waals surface area contributed by atoms with Gasteiger partial charge in [0.15, 0.2) is 0 Å². The van der Waals surface area contributed by atoms with Crippen molar-refractivity contribution < 1.29 is 28.7 Å². The Bertz CT molecular complexity index is 1950. The summed E-state index contributed by atoms with van der Waals surface area (Å²) in [5.41, 5.74) is 20.6.